The highest BCUT2D eigenvalue weighted by Crippen LogP contribution is 2.39. The number of benzene rings is 2. The minimum atomic E-state index is -0.352. The second-order valence-corrected chi connectivity index (χ2v) is 5.94. The highest BCUT2D eigenvalue weighted by atomic mass is 16.7. The van der Waals surface area contributed by atoms with Gasteiger partial charge in [-0.05, 0) is 34.9 Å². The Kier molecular flexibility index (Phi) is 3.86. The van der Waals surface area contributed by atoms with Crippen molar-refractivity contribution in [1.82, 2.24) is 4.68 Å². The summed E-state index contributed by atoms with van der Waals surface area (Å²) in [6, 6.07) is 24.0. The fraction of sp³-hybridized carbons (Fsp3) is 0.0952. The Morgan fingerprint density at radius 2 is 1.60 bits per heavy atom. The summed E-state index contributed by atoms with van der Waals surface area (Å²) in [5.74, 6) is -0.352. The topological polar surface area (TPSA) is 34.5 Å². The summed E-state index contributed by atoms with van der Waals surface area (Å²) in [7, 11) is 0. The van der Waals surface area contributed by atoms with Crippen LogP contribution in [0.1, 0.15) is 29.8 Å². The highest BCUT2D eigenvalue weighted by Gasteiger charge is 2.32. The van der Waals surface area contributed by atoms with Crippen LogP contribution in [0.15, 0.2) is 79.0 Å². The lowest BCUT2D eigenvalue weighted by molar-refractivity contribution is -0.146. The SMILES string of the molecule is CC(=O)ON1C(c2ccccc2)C(c2ccccc2)=Cc2cccn21. The molecule has 3 aromatic rings. The van der Waals surface area contributed by atoms with E-state index >= 15 is 0 Å². The Morgan fingerprint density at radius 1 is 0.920 bits per heavy atom. The third-order valence-electron chi connectivity index (χ3n) is 4.23. The van der Waals surface area contributed by atoms with Gasteiger partial charge >= 0.3 is 5.97 Å². The van der Waals surface area contributed by atoms with Gasteiger partial charge in [0.05, 0.1) is 5.69 Å². The van der Waals surface area contributed by atoms with Crippen molar-refractivity contribution in [2.45, 2.75) is 13.0 Å². The summed E-state index contributed by atoms with van der Waals surface area (Å²) in [5.41, 5.74) is 4.20. The maximum absolute atomic E-state index is 11.8. The Balaban J connectivity index is 1.92. The third-order valence-corrected chi connectivity index (χ3v) is 4.23. The number of carbonyl (C=O) groups excluding carboxylic acids is 1. The summed E-state index contributed by atoms with van der Waals surface area (Å²) in [4.78, 5) is 17.4. The quantitative estimate of drug-likeness (QED) is 0.722. The molecule has 1 unspecified atom stereocenters. The fourth-order valence-electron chi connectivity index (χ4n) is 3.20. The van der Waals surface area contributed by atoms with Crippen molar-refractivity contribution in [3.63, 3.8) is 0 Å². The standard InChI is InChI=1S/C21H18N2O2/c1-16(24)25-23-21(18-11-6-3-7-12-18)20(17-9-4-2-5-10-17)15-19-13-8-14-22(19)23/h2-15,21H,1H3. The highest BCUT2D eigenvalue weighted by molar-refractivity contribution is 5.87. The van der Waals surface area contributed by atoms with Crippen molar-refractivity contribution < 1.29 is 9.63 Å². The molecule has 2 heterocycles. The van der Waals surface area contributed by atoms with E-state index in [1.54, 1.807) is 5.17 Å². The number of fused-ring (bicyclic) bond motifs is 1. The summed E-state index contributed by atoms with van der Waals surface area (Å²) in [5, 5.41) is 1.65. The molecule has 1 aromatic heterocycles. The number of hydrogen-bond donors (Lipinski definition) is 0. The second kappa shape index (κ2) is 6.32. The molecule has 1 aliphatic rings. The lowest BCUT2D eigenvalue weighted by Crippen LogP contribution is -2.42. The zero-order valence-corrected chi connectivity index (χ0v) is 13.9. The Labute approximate surface area is 146 Å². The maximum atomic E-state index is 11.8. The van der Waals surface area contributed by atoms with E-state index in [0.717, 1.165) is 22.4 Å². The first-order valence-corrected chi connectivity index (χ1v) is 8.21. The van der Waals surface area contributed by atoms with Gasteiger partial charge in [-0.25, -0.2) is 9.47 Å². The van der Waals surface area contributed by atoms with Gasteiger partial charge in [0.1, 0.15) is 6.04 Å². The van der Waals surface area contributed by atoms with E-state index in [1.165, 1.54) is 6.92 Å². The lowest BCUT2D eigenvalue weighted by atomic mass is 9.91. The number of hydrogen-bond acceptors (Lipinski definition) is 3. The maximum Gasteiger partial charge on any atom is 0.331 e. The number of nitrogens with zero attached hydrogens (tertiary/aromatic N) is 2. The fourth-order valence-corrected chi connectivity index (χ4v) is 3.20. The summed E-state index contributed by atoms with van der Waals surface area (Å²) < 4.78 is 1.87. The molecule has 4 heteroatoms. The molecule has 0 spiro atoms. The monoisotopic (exact) mass is 330 g/mol. The van der Waals surface area contributed by atoms with Gasteiger partial charge in [-0.15, -0.1) is 5.17 Å². The Hall–Kier alpha value is -3.27. The van der Waals surface area contributed by atoms with Gasteiger partial charge in [0.15, 0.2) is 0 Å². The predicted molar refractivity (Wildman–Crippen MR) is 97.9 cm³/mol. The molecular formula is C21H18N2O2. The normalized spacial score (nSPS) is 16.1. The minimum Gasteiger partial charge on any atom is -0.325 e. The summed E-state index contributed by atoms with van der Waals surface area (Å²) in [6.45, 7) is 1.42. The number of rotatable bonds is 3. The van der Waals surface area contributed by atoms with E-state index in [1.807, 2.05) is 71.5 Å². The summed E-state index contributed by atoms with van der Waals surface area (Å²) in [6.07, 6.45) is 4.04. The zero-order chi connectivity index (χ0) is 17.2. The van der Waals surface area contributed by atoms with Gasteiger partial charge in [0.2, 0.25) is 0 Å². The first-order chi connectivity index (χ1) is 12.2. The van der Waals surface area contributed by atoms with Crippen LogP contribution in [-0.4, -0.2) is 10.6 Å². The van der Waals surface area contributed by atoms with Gasteiger partial charge in [0, 0.05) is 13.1 Å². The molecular weight excluding hydrogens is 312 g/mol. The van der Waals surface area contributed by atoms with E-state index in [2.05, 4.69) is 18.2 Å². The third kappa shape index (κ3) is 2.83. The lowest BCUT2D eigenvalue weighted by Gasteiger charge is -2.37. The van der Waals surface area contributed by atoms with Crippen LogP contribution in [0.3, 0.4) is 0 Å². The van der Waals surface area contributed by atoms with Crippen LogP contribution in [-0.2, 0) is 9.63 Å². The van der Waals surface area contributed by atoms with Crippen molar-refractivity contribution in [3.8, 4) is 0 Å². The van der Waals surface area contributed by atoms with Crippen molar-refractivity contribution in [2.24, 2.45) is 0 Å². The van der Waals surface area contributed by atoms with Crippen molar-refractivity contribution in [3.05, 3.63) is 95.8 Å². The first kappa shape index (κ1) is 15.3. The first-order valence-electron chi connectivity index (χ1n) is 8.21. The summed E-state index contributed by atoms with van der Waals surface area (Å²) >= 11 is 0. The predicted octanol–water partition coefficient (Wildman–Crippen LogP) is 4.20. The number of carbonyl (C=O) groups is 1. The van der Waals surface area contributed by atoms with Crippen LogP contribution >= 0.6 is 0 Å². The molecule has 25 heavy (non-hydrogen) atoms. The van der Waals surface area contributed by atoms with Gasteiger partial charge in [-0.1, -0.05) is 60.7 Å². The smallest absolute Gasteiger partial charge is 0.325 e. The molecule has 0 radical (unpaired) electrons. The van der Waals surface area contributed by atoms with Crippen LogP contribution in [0, 0.1) is 0 Å². The van der Waals surface area contributed by atoms with Gasteiger partial charge in [-0.3, -0.25) is 0 Å². The average molecular weight is 330 g/mol. The number of aromatic nitrogens is 1. The van der Waals surface area contributed by atoms with Crippen LogP contribution < -0.4 is 5.17 Å². The van der Waals surface area contributed by atoms with E-state index in [9.17, 15) is 4.79 Å². The van der Waals surface area contributed by atoms with Crippen molar-refractivity contribution >= 4 is 17.6 Å². The van der Waals surface area contributed by atoms with E-state index < -0.39 is 0 Å². The number of hydroxylamine groups is 1. The molecule has 4 rings (SSSR count). The molecule has 0 fully saturated rings. The molecule has 1 aliphatic heterocycles. The van der Waals surface area contributed by atoms with Crippen LogP contribution in [0.4, 0.5) is 0 Å². The average Bonchev–Trinajstić information content (AvgIpc) is 3.11. The van der Waals surface area contributed by atoms with Crippen LogP contribution in [0.25, 0.3) is 11.6 Å². The Morgan fingerprint density at radius 3 is 2.28 bits per heavy atom. The molecule has 0 aliphatic carbocycles. The van der Waals surface area contributed by atoms with Crippen LogP contribution in [0.2, 0.25) is 0 Å². The minimum absolute atomic E-state index is 0.229. The molecule has 1 atom stereocenters. The van der Waals surface area contributed by atoms with E-state index in [4.69, 9.17) is 4.84 Å². The molecule has 0 amide bonds. The van der Waals surface area contributed by atoms with E-state index in [0.29, 0.717) is 0 Å². The zero-order valence-electron chi connectivity index (χ0n) is 13.9. The molecule has 0 N–H and O–H groups in total. The van der Waals surface area contributed by atoms with Crippen molar-refractivity contribution in [1.29, 1.82) is 0 Å². The molecule has 0 saturated heterocycles. The largest absolute Gasteiger partial charge is 0.331 e. The van der Waals surface area contributed by atoms with Gasteiger partial charge in [-0.2, -0.15) is 0 Å². The van der Waals surface area contributed by atoms with Crippen LogP contribution in [0.5, 0.6) is 0 Å². The van der Waals surface area contributed by atoms with Gasteiger partial charge in [0.25, 0.3) is 0 Å². The van der Waals surface area contributed by atoms with Crippen molar-refractivity contribution in [2.75, 3.05) is 5.17 Å². The second-order valence-electron chi connectivity index (χ2n) is 5.94. The molecule has 4 nitrogen and oxygen atoms in total. The molecule has 124 valence electrons. The molecule has 0 bridgehead atoms. The molecule has 0 saturated carbocycles. The van der Waals surface area contributed by atoms with Gasteiger partial charge < -0.3 is 4.84 Å². The Bertz CT molecular complexity index is 913. The molecule has 2 aromatic carbocycles. The van der Waals surface area contributed by atoms with E-state index in [-0.39, 0.29) is 12.0 Å².